The molecule has 0 heterocycles. The Morgan fingerprint density at radius 3 is 2.52 bits per heavy atom. The summed E-state index contributed by atoms with van der Waals surface area (Å²) >= 11 is 11.6. The van der Waals surface area contributed by atoms with Gasteiger partial charge in [-0.15, -0.1) is 0 Å². The average Bonchev–Trinajstić information content (AvgIpc) is 2.37. The van der Waals surface area contributed by atoms with Gasteiger partial charge >= 0.3 is 11.7 Å². The molecular weight excluding hydrogens is 321 g/mol. The number of ether oxygens (including phenoxy) is 1. The van der Waals surface area contributed by atoms with Crippen LogP contribution in [0.1, 0.15) is 10.4 Å². The van der Waals surface area contributed by atoms with Crippen LogP contribution in [0.3, 0.4) is 0 Å². The first-order valence-corrected chi connectivity index (χ1v) is 6.29. The van der Waals surface area contributed by atoms with Crippen LogP contribution < -0.4 is 4.74 Å². The number of aromatic carboxylic acids is 1. The second-order valence-electron chi connectivity index (χ2n) is 3.89. The van der Waals surface area contributed by atoms with Gasteiger partial charge in [0.15, 0.2) is 0 Å². The summed E-state index contributed by atoms with van der Waals surface area (Å²) in [6.07, 6.45) is 0. The number of halogens is 2. The molecule has 0 unspecified atom stereocenters. The van der Waals surface area contributed by atoms with E-state index in [1.54, 1.807) is 0 Å². The first-order chi connectivity index (χ1) is 9.90. The van der Waals surface area contributed by atoms with Gasteiger partial charge in [-0.05, 0) is 18.2 Å². The van der Waals surface area contributed by atoms with Crippen molar-refractivity contribution in [2.75, 3.05) is 0 Å². The average molecular weight is 328 g/mol. The molecule has 2 aromatic rings. The van der Waals surface area contributed by atoms with Gasteiger partial charge in [-0.25, -0.2) is 4.79 Å². The number of carboxylic acid groups (broad SMARTS) is 1. The van der Waals surface area contributed by atoms with Crippen molar-refractivity contribution in [1.82, 2.24) is 0 Å². The summed E-state index contributed by atoms with van der Waals surface area (Å²) in [7, 11) is 0. The van der Waals surface area contributed by atoms with E-state index in [0.717, 1.165) is 0 Å². The minimum absolute atomic E-state index is 0.0373. The Morgan fingerprint density at radius 2 is 1.90 bits per heavy atom. The van der Waals surface area contributed by atoms with E-state index < -0.39 is 10.9 Å². The highest BCUT2D eigenvalue weighted by Gasteiger charge is 2.21. The summed E-state index contributed by atoms with van der Waals surface area (Å²) in [5.74, 6) is -1.59. The number of nitro groups is 1. The smallest absolute Gasteiger partial charge is 0.341 e. The predicted molar refractivity (Wildman–Crippen MR) is 76.6 cm³/mol. The van der Waals surface area contributed by atoms with Crippen molar-refractivity contribution < 1.29 is 19.6 Å². The van der Waals surface area contributed by atoms with Crippen LogP contribution in [0.4, 0.5) is 5.69 Å². The molecule has 21 heavy (non-hydrogen) atoms. The number of hydrogen-bond donors (Lipinski definition) is 1. The molecule has 2 aromatic carbocycles. The van der Waals surface area contributed by atoms with Crippen LogP contribution in [0.25, 0.3) is 0 Å². The Hall–Kier alpha value is -2.31. The summed E-state index contributed by atoms with van der Waals surface area (Å²) in [6.45, 7) is 0. The molecule has 0 aliphatic heterocycles. The van der Waals surface area contributed by atoms with Gasteiger partial charge in [-0.1, -0.05) is 29.3 Å². The molecule has 0 saturated heterocycles. The molecule has 6 nitrogen and oxygen atoms in total. The van der Waals surface area contributed by atoms with Gasteiger partial charge in [-0.2, -0.15) is 0 Å². The van der Waals surface area contributed by atoms with Crippen molar-refractivity contribution in [2.45, 2.75) is 0 Å². The zero-order valence-electron chi connectivity index (χ0n) is 10.2. The number of nitrogens with zero attached hydrogens (tertiary/aromatic N) is 1. The van der Waals surface area contributed by atoms with Crippen molar-refractivity contribution in [3.63, 3.8) is 0 Å². The Bertz CT molecular complexity index is 732. The summed E-state index contributed by atoms with van der Waals surface area (Å²) in [6, 6.07) is 7.93. The Balaban J connectivity index is 2.53. The predicted octanol–water partition coefficient (Wildman–Crippen LogP) is 4.39. The number of nitro benzene ring substituents is 1. The van der Waals surface area contributed by atoms with Gasteiger partial charge in [-0.3, -0.25) is 10.1 Å². The topological polar surface area (TPSA) is 89.7 Å². The minimum Gasteiger partial charge on any atom is -0.478 e. The van der Waals surface area contributed by atoms with Gasteiger partial charge in [0.05, 0.1) is 9.95 Å². The van der Waals surface area contributed by atoms with Crippen LogP contribution in [0.2, 0.25) is 10.0 Å². The zero-order chi connectivity index (χ0) is 15.6. The Labute approximate surface area is 128 Å². The summed E-state index contributed by atoms with van der Waals surface area (Å²) in [5.41, 5.74) is -0.621. The van der Waals surface area contributed by atoms with Crippen LogP contribution >= 0.6 is 23.2 Å². The molecule has 8 heteroatoms. The zero-order valence-corrected chi connectivity index (χ0v) is 11.8. The normalized spacial score (nSPS) is 10.2. The second-order valence-corrected chi connectivity index (χ2v) is 4.73. The molecule has 0 aliphatic carbocycles. The largest absolute Gasteiger partial charge is 0.478 e. The SMILES string of the molecule is O=C(O)c1c(Cl)cccc1Oc1cc(Cl)ccc1[N+](=O)[O-]. The molecule has 0 fully saturated rings. The summed E-state index contributed by atoms with van der Waals surface area (Å²) < 4.78 is 5.33. The van der Waals surface area contributed by atoms with Crippen molar-refractivity contribution in [2.24, 2.45) is 0 Å². The molecule has 0 aliphatic rings. The molecule has 2 rings (SSSR count). The van der Waals surface area contributed by atoms with Gasteiger partial charge < -0.3 is 9.84 Å². The quantitative estimate of drug-likeness (QED) is 0.664. The van der Waals surface area contributed by atoms with Crippen molar-refractivity contribution in [3.05, 3.63) is 62.1 Å². The third-order valence-electron chi connectivity index (χ3n) is 2.53. The van der Waals surface area contributed by atoms with Gasteiger partial charge in [0.2, 0.25) is 5.75 Å². The fraction of sp³-hybridized carbons (Fsp3) is 0. The number of carboxylic acids is 1. The van der Waals surface area contributed by atoms with E-state index in [0.29, 0.717) is 0 Å². The number of carbonyl (C=O) groups is 1. The Morgan fingerprint density at radius 1 is 1.19 bits per heavy atom. The van der Waals surface area contributed by atoms with Gasteiger partial charge in [0, 0.05) is 17.2 Å². The molecule has 0 atom stereocenters. The molecule has 0 saturated carbocycles. The highest BCUT2D eigenvalue weighted by molar-refractivity contribution is 6.34. The van der Waals surface area contributed by atoms with E-state index in [9.17, 15) is 14.9 Å². The summed E-state index contributed by atoms with van der Waals surface area (Å²) in [5, 5.41) is 20.3. The highest BCUT2D eigenvalue weighted by Crippen LogP contribution is 2.36. The molecule has 0 radical (unpaired) electrons. The fourth-order valence-corrected chi connectivity index (χ4v) is 2.04. The molecular formula is C13H7Cl2NO5. The lowest BCUT2D eigenvalue weighted by atomic mass is 10.2. The maximum absolute atomic E-state index is 11.2. The van der Waals surface area contributed by atoms with Gasteiger partial charge in [0.25, 0.3) is 0 Å². The molecule has 1 N–H and O–H groups in total. The van der Waals surface area contributed by atoms with Crippen LogP contribution in [-0.2, 0) is 0 Å². The number of rotatable bonds is 4. The number of hydrogen-bond acceptors (Lipinski definition) is 4. The number of benzene rings is 2. The third kappa shape index (κ3) is 3.24. The molecule has 0 spiro atoms. The third-order valence-corrected chi connectivity index (χ3v) is 3.08. The molecule has 0 bridgehead atoms. The van der Waals surface area contributed by atoms with Crippen LogP contribution in [0.5, 0.6) is 11.5 Å². The van der Waals surface area contributed by atoms with Crippen molar-refractivity contribution in [3.8, 4) is 11.5 Å². The van der Waals surface area contributed by atoms with E-state index in [1.165, 1.54) is 36.4 Å². The van der Waals surface area contributed by atoms with E-state index in [-0.39, 0.29) is 32.8 Å². The highest BCUT2D eigenvalue weighted by atomic mass is 35.5. The maximum atomic E-state index is 11.2. The van der Waals surface area contributed by atoms with E-state index in [1.807, 2.05) is 0 Å². The van der Waals surface area contributed by atoms with Crippen molar-refractivity contribution >= 4 is 34.9 Å². The lowest BCUT2D eigenvalue weighted by Crippen LogP contribution is -2.02. The van der Waals surface area contributed by atoms with Crippen LogP contribution in [0, 0.1) is 10.1 Å². The fourth-order valence-electron chi connectivity index (χ4n) is 1.64. The molecule has 0 aromatic heterocycles. The molecule has 0 amide bonds. The second kappa shape index (κ2) is 5.99. The van der Waals surface area contributed by atoms with Gasteiger partial charge in [0.1, 0.15) is 11.3 Å². The first kappa shape index (κ1) is 15.1. The maximum Gasteiger partial charge on any atom is 0.341 e. The summed E-state index contributed by atoms with van der Waals surface area (Å²) in [4.78, 5) is 21.5. The lowest BCUT2D eigenvalue weighted by Gasteiger charge is -2.10. The Kier molecular flexibility index (Phi) is 4.30. The van der Waals surface area contributed by atoms with Crippen LogP contribution in [-0.4, -0.2) is 16.0 Å². The minimum atomic E-state index is -1.31. The monoisotopic (exact) mass is 327 g/mol. The molecule has 108 valence electrons. The van der Waals surface area contributed by atoms with Crippen molar-refractivity contribution in [1.29, 1.82) is 0 Å². The standard InChI is InChI=1S/C13H7Cl2NO5/c14-7-4-5-9(16(19)20)11(6-7)21-10-3-1-2-8(15)12(10)13(17)18/h1-6H,(H,17,18). The van der Waals surface area contributed by atoms with Crippen LogP contribution in [0.15, 0.2) is 36.4 Å². The van der Waals surface area contributed by atoms with E-state index >= 15 is 0 Å². The lowest BCUT2D eigenvalue weighted by molar-refractivity contribution is -0.385. The van der Waals surface area contributed by atoms with E-state index in [4.69, 9.17) is 33.0 Å². The first-order valence-electron chi connectivity index (χ1n) is 5.53. The van der Waals surface area contributed by atoms with E-state index in [2.05, 4.69) is 0 Å².